The highest BCUT2D eigenvalue weighted by molar-refractivity contribution is 6.33. The summed E-state index contributed by atoms with van der Waals surface area (Å²) < 4.78 is 13.5. The normalized spacial score (nSPS) is 23.0. The highest BCUT2D eigenvalue weighted by Gasteiger charge is 2.38. The number of halogens is 2. The van der Waals surface area contributed by atoms with E-state index in [1.54, 1.807) is 4.90 Å². The third kappa shape index (κ3) is 2.62. The summed E-state index contributed by atoms with van der Waals surface area (Å²) in [5.41, 5.74) is 0.349. The van der Waals surface area contributed by atoms with E-state index in [0.717, 1.165) is 12.8 Å². The predicted molar refractivity (Wildman–Crippen MR) is 77.7 cm³/mol. The summed E-state index contributed by atoms with van der Waals surface area (Å²) >= 11 is 6.10. The molecule has 1 aromatic rings. The van der Waals surface area contributed by atoms with Crippen LogP contribution in [-0.4, -0.2) is 35.8 Å². The summed E-state index contributed by atoms with van der Waals surface area (Å²) in [5.74, 6) is -0.616. The minimum Gasteiger partial charge on any atom is -0.331 e. The van der Waals surface area contributed by atoms with Crippen molar-refractivity contribution >= 4 is 29.1 Å². The number of anilines is 1. The van der Waals surface area contributed by atoms with Crippen molar-refractivity contribution in [3.8, 4) is 0 Å². The molecule has 6 heteroatoms. The van der Waals surface area contributed by atoms with Crippen molar-refractivity contribution in [3.05, 3.63) is 29.0 Å². The molecule has 0 aromatic heterocycles. The topological polar surface area (TPSA) is 40.6 Å². The Bertz CT molecular complexity index is 593. The van der Waals surface area contributed by atoms with E-state index in [2.05, 4.69) is 0 Å². The van der Waals surface area contributed by atoms with Crippen LogP contribution < -0.4 is 4.90 Å². The van der Waals surface area contributed by atoms with Crippen molar-refractivity contribution < 1.29 is 14.0 Å². The number of carbonyl (C=O) groups is 2. The molecule has 2 aliphatic heterocycles. The van der Waals surface area contributed by atoms with Gasteiger partial charge >= 0.3 is 0 Å². The van der Waals surface area contributed by atoms with Gasteiger partial charge in [-0.1, -0.05) is 11.6 Å². The number of amides is 2. The largest absolute Gasteiger partial charge is 0.331 e. The summed E-state index contributed by atoms with van der Waals surface area (Å²) in [5, 5.41) is 0.321. The van der Waals surface area contributed by atoms with Gasteiger partial charge < -0.3 is 9.80 Å². The molecule has 0 aliphatic carbocycles. The predicted octanol–water partition coefficient (Wildman–Crippen LogP) is 2.60. The Morgan fingerprint density at radius 3 is 2.81 bits per heavy atom. The van der Waals surface area contributed by atoms with Gasteiger partial charge in [0.25, 0.3) is 0 Å². The molecule has 0 bridgehead atoms. The van der Waals surface area contributed by atoms with Crippen LogP contribution in [-0.2, 0) is 9.59 Å². The minimum atomic E-state index is -0.446. The minimum absolute atomic E-state index is 0.0110. The van der Waals surface area contributed by atoms with Crippen molar-refractivity contribution in [2.45, 2.75) is 31.7 Å². The van der Waals surface area contributed by atoms with Gasteiger partial charge in [-0.15, -0.1) is 0 Å². The summed E-state index contributed by atoms with van der Waals surface area (Å²) in [7, 11) is 0. The van der Waals surface area contributed by atoms with E-state index < -0.39 is 11.9 Å². The van der Waals surface area contributed by atoms with E-state index in [1.807, 2.05) is 0 Å². The quantitative estimate of drug-likeness (QED) is 0.800. The standard InChI is InChI=1S/C15H16ClFN2O2/c16-11-5-4-10(17)9-13(11)19-8-6-14(20)18-7-2-1-3-12(18)15(19)21/h4-5,9,12H,1-3,6-8H2. The maximum atomic E-state index is 13.5. The average molecular weight is 311 g/mol. The van der Waals surface area contributed by atoms with E-state index >= 15 is 0 Å². The Labute approximate surface area is 127 Å². The number of hydrogen-bond acceptors (Lipinski definition) is 2. The van der Waals surface area contributed by atoms with Gasteiger partial charge in [0.05, 0.1) is 10.7 Å². The second-order valence-corrected chi connectivity index (χ2v) is 5.84. The average Bonchev–Trinajstić information content (AvgIpc) is 2.61. The Hall–Kier alpha value is -1.62. The number of carbonyl (C=O) groups excluding carboxylic acids is 2. The summed E-state index contributed by atoms with van der Waals surface area (Å²) in [4.78, 5) is 28.0. The number of hydrogen-bond donors (Lipinski definition) is 0. The number of fused-ring (bicyclic) bond motifs is 1. The molecule has 2 heterocycles. The first-order valence-electron chi connectivity index (χ1n) is 7.14. The van der Waals surface area contributed by atoms with Crippen molar-refractivity contribution in [3.63, 3.8) is 0 Å². The molecule has 21 heavy (non-hydrogen) atoms. The molecule has 112 valence electrons. The first-order valence-corrected chi connectivity index (χ1v) is 7.51. The van der Waals surface area contributed by atoms with Crippen LogP contribution in [0.3, 0.4) is 0 Å². The van der Waals surface area contributed by atoms with Gasteiger partial charge in [0.1, 0.15) is 11.9 Å². The Balaban J connectivity index is 1.97. The highest BCUT2D eigenvalue weighted by Crippen LogP contribution is 2.31. The first kappa shape index (κ1) is 14.3. The lowest BCUT2D eigenvalue weighted by Crippen LogP contribution is -2.49. The fourth-order valence-electron chi connectivity index (χ4n) is 3.06. The Kier molecular flexibility index (Phi) is 3.85. The molecule has 2 aliphatic rings. The maximum absolute atomic E-state index is 13.5. The van der Waals surface area contributed by atoms with E-state index in [-0.39, 0.29) is 24.8 Å². The van der Waals surface area contributed by atoms with Gasteiger partial charge in [-0.05, 0) is 37.5 Å². The van der Waals surface area contributed by atoms with Crippen LogP contribution in [0.25, 0.3) is 0 Å². The molecule has 1 unspecified atom stereocenters. The van der Waals surface area contributed by atoms with Gasteiger partial charge in [-0.25, -0.2) is 4.39 Å². The Morgan fingerprint density at radius 1 is 1.19 bits per heavy atom. The molecule has 2 fully saturated rings. The van der Waals surface area contributed by atoms with Gasteiger partial charge in [0.15, 0.2) is 0 Å². The maximum Gasteiger partial charge on any atom is 0.249 e. The van der Waals surface area contributed by atoms with Gasteiger partial charge in [0.2, 0.25) is 11.8 Å². The highest BCUT2D eigenvalue weighted by atomic mass is 35.5. The second-order valence-electron chi connectivity index (χ2n) is 5.43. The van der Waals surface area contributed by atoms with Crippen LogP contribution in [0.15, 0.2) is 18.2 Å². The molecular formula is C15H16ClFN2O2. The SMILES string of the molecule is O=C1C2CCCCN2C(=O)CCN1c1cc(F)ccc1Cl. The molecule has 2 saturated heterocycles. The van der Waals surface area contributed by atoms with E-state index in [9.17, 15) is 14.0 Å². The summed E-state index contributed by atoms with van der Waals surface area (Å²) in [6, 6.07) is 3.51. The smallest absolute Gasteiger partial charge is 0.249 e. The fraction of sp³-hybridized carbons (Fsp3) is 0.467. The molecule has 0 spiro atoms. The molecule has 1 aromatic carbocycles. The molecule has 1 atom stereocenters. The van der Waals surface area contributed by atoms with Crippen molar-refractivity contribution in [1.29, 1.82) is 0 Å². The number of rotatable bonds is 1. The zero-order chi connectivity index (χ0) is 15.0. The van der Waals surface area contributed by atoms with Crippen LogP contribution in [0.2, 0.25) is 5.02 Å². The number of piperidine rings is 1. The molecule has 0 radical (unpaired) electrons. The van der Waals surface area contributed by atoms with Gasteiger partial charge in [-0.3, -0.25) is 9.59 Å². The zero-order valence-electron chi connectivity index (χ0n) is 11.5. The van der Waals surface area contributed by atoms with E-state index in [4.69, 9.17) is 11.6 Å². The first-order chi connectivity index (χ1) is 10.1. The lowest BCUT2D eigenvalue weighted by atomic mass is 10.0. The molecule has 4 nitrogen and oxygen atoms in total. The van der Waals surface area contributed by atoms with E-state index in [0.29, 0.717) is 23.7 Å². The third-order valence-corrected chi connectivity index (χ3v) is 4.44. The van der Waals surface area contributed by atoms with Crippen molar-refractivity contribution in [2.24, 2.45) is 0 Å². The lowest BCUT2D eigenvalue weighted by molar-refractivity contribution is -0.138. The van der Waals surface area contributed by atoms with Crippen LogP contribution in [0.1, 0.15) is 25.7 Å². The summed E-state index contributed by atoms with van der Waals surface area (Å²) in [6.07, 6.45) is 2.75. The molecule has 0 saturated carbocycles. The van der Waals surface area contributed by atoms with Crippen LogP contribution in [0.5, 0.6) is 0 Å². The monoisotopic (exact) mass is 310 g/mol. The van der Waals surface area contributed by atoms with Gasteiger partial charge in [-0.2, -0.15) is 0 Å². The zero-order valence-corrected chi connectivity index (χ0v) is 12.3. The molecule has 0 N–H and O–H groups in total. The van der Waals surface area contributed by atoms with Crippen molar-refractivity contribution in [2.75, 3.05) is 18.0 Å². The fourth-order valence-corrected chi connectivity index (χ4v) is 3.28. The molecular weight excluding hydrogens is 295 g/mol. The molecule has 3 rings (SSSR count). The number of nitrogens with zero attached hydrogens (tertiary/aromatic N) is 2. The summed E-state index contributed by atoms with van der Waals surface area (Å²) in [6.45, 7) is 0.869. The second kappa shape index (κ2) is 5.64. The lowest BCUT2D eigenvalue weighted by Gasteiger charge is -2.34. The van der Waals surface area contributed by atoms with Crippen LogP contribution in [0, 0.1) is 5.82 Å². The van der Waals surface area contributed by atoms with Crippen molar-refractivity contribution in [1.82, 2.24) is 4.90 Å². The third-order valence-electron chi connectivity index (χ3n) is 4.12. The van der Waals surface area contributed by atoms with Crippen LogP contribution in [0.4, 0.5) is 10.1 Å². The van der Waals surface area contributed by atoms with Gasteiger partial charge in [0, 0.05) is 19.5 Å². The Morgan fingerprint density at radius 2 is 2.00 bits per heavy atom. The number of benzene rings is 1. The van der Waals surface area contributed by atoms with E-state index in [1.165, 1.54) is 23.1 Å². The molecule has 2 amide bonds. The van der Waals surface area contributed by atoms with Crippen LogP contribution >= 0.6 is 11.6 Å².